The third-order valence-electron chi connectivity index (χ3n) is 7.34. The van der Waals surface area contributed by atoms with Gasteiger partial charge in [0.2, 0.25) is 0 Å². The number of benzene rings is 1. The summed E-state index contributed by atoms with van der Waals surface area (Å²) in [5.74, 6) is -0.809. The summed E-state index contributed by atoms with van der Waals surface area (Å²) in [7, 11) is 0. The number of rotatable bonds is 4. The molecule has 0 saturated heterocycles. The van der Waals surface area contributed by atoms with E-state index in [2.05, 4.69) is 26.7 Å². The largest absolute Gasteiger partial charge is 0.465 e. The van der Waals surface area contributed by atoms with Gasteiger partial charge in [0.1, 0.15) is 17.5 Å². The standard InChI is InChI=1S/C30H31FN6O6/c1-15-20(13-33-22-6-5-7-37(26(15)22)29(40)41)19-10-17-11-23(35-27(38)42-18-8-16(9-18)12-32)34-14-21(17)25(24(19)31)36-28(39)43-30(2,3)4/h10-11,13-14,16,18H,5-9H2,1-4H3,(H,36,39)(H,40,41)(H,34,35,38)/t16-,18+. The molecule has 0 unspecified atom stereocenters. The Balaban J connectivity index is 1.57. The molecule has 43 heavy (non-hydrogen) atoms. The molecule has 0 atom stereocenters. The lowest BCUT2D eigenvalue weighted by molar-refractivity contribution is 0.0417. The maximum atomic E-state index is 16.3. The normalized spacial score (nSPS) is 17.7. The number of nitriles is 1. The summed E-state index contributed by atoms with van der Waals surface area (Å²) in [6.07, 6.45) is 1.81. The molecule has 1 aliphatic heterocycles. The minimum atomic E-state index is -1.13. The maximum Gasteiger partial charge on any atom is 0.413 e. The van der Waals surface area contributed by atoms with Gasteiger partial charge in [0.05, 0.1) is 29.1 Å². The average Bonchev–Trinajstić information content (AvgIpc) is 2.91. The first-order valence-corrected chi connectivity index (χ1v) is 13.8. The van der Waals surface area contributed by atoms with E-state index in [-0.39, 0.29) is 41.0 Å². The number of carboxylic acid groups (broad SMARTS) is 1. The number of fused-ring (bicyclic) bond motifs is 2. The smallest absolute Gasteiger partial charge is 0.413 e. The summed E-state index contributed by atoms with van der Waals surface area (Å²) < 4.78 is 27.0. The van der Waals surface area contributed by atoms with Crippen LogP contribution in [0.1, 0.15) is 51.3 Å². The Bertz CT molecular complexity index is 1670. The Kier molecular flexibility index (Phi) is 7.79. The number of pyridine rings is 2. The number of hydrogen-bond donors (Lipinski definition) is 3. The second-order valence-corrected chi connectivity index (χ2v) is 11.6. The van der Waals surface area contributed by atoms with E-state index < -0.39 is 29.7 Å². The molecule has 224 valence electrons. The number of carbonyl (C=O) groups excluding carboxylic acids is 2. The van der Waals surface area contributed by atoms with Gasteiger partial charge in [0.25, 0.3) is 0 Å². The quantitative estimate of drug-likeness (QED) is 0.313. The van der Waals surface area contributed by atoms with Gasteiger partial charge in [0.15, 0.2) is 5.82 Å². The van der Waals surface area contributed by atoms with Gasteiger partial charge < -0.3 is 14.6 Å². The summed E-state index contributed by atoms with van der Waals surface area (Å²) in [4.78, 5) is 47.1. The molecule has 3 N–H and O–H groups in total. The average molecular weight is 591 g/mol. The van der Waals surface area contributed by atoms with Crippen molar-refractivity contribution in [2.45, 2.75) is 65.1 Å². The topological polar surface area (TPSA) is 167 Å². The van der Waals surface area contributed by atoms with Crippen LogP contribution in [0.15, 0.2) is 24.5 Å². The van der Waals surface area contributed by atoms with E-state index in [0.717, 1.165) is 0 Å². The van der Waals surface area contributed by atoms with Crippen molar-refractivity contribution in [1.82, 2.24) is 9.97 Å². The van der Waals surface area contributed by atoms with E-state index in [1.165, 1.54) is 29.4 Å². The third-order valence-corrected chi connectivity index (χ3v) is 7.34. The summed E-state index contributed by atoms with van der Waals surface area (Å²) in [5.41, 5.74) is 0.863. The summed E-state index contributed by atoms with van der Waals surface area (Å²) >= 11 is 0. The minimum Gasteiger partial charge on any atom is -0.465 e. The molecule has 3 heterocycles. The molecule has 0 spiro atoms. The number of aryl methyl sites for hydroxylation is 1. The molecule has 12 nitrogen and oxygen atoms in total. The van der Waals surface area contributed by atoms with Crippen LogP contribution in [0.4, 0.5) is 36.0 Å². The van der Waals surface area contributed by atoms with E-state index in [9.17, 15) is 19.5 Å². The van der Waals surface area contributed by atoms with Crippen LogP contribution in [0.5, 0.6) is 0 Å². The fourth-order valence-corrected chi connectivity index (χ4v) is 5.28. The zero-order valence-electron chi connectivity index (χ0n) is 24.2. The van der Waals surface area contributed by atoms with E-state index in [4.69, 9.17) is 14.7 Å². The number of aromatic nitrogens is 2. The summed E-state index contributed by atoms with van der Waals surface area (Å²) in [6.45, 7) is 7.02. The van der Waals surface area contributed by atoms with Gasteiger partial charge in [-0.05, 0) is 63.6 Å². The highest BCUT2D eigenvalue weighted by Gasteiger charge is 2.32. The number of amides is 3. The third kappa shape index (κ3) is 6.13. The molecule has 1 fully saturated rings. The Morgan fingerprint density at radius 2 is 1.86 bits per heavy atom. The Morgan fingerprint density at radius 1 is 1.12 bits per heavy atom. The molecule has 0 radical (unpaired) electrons. The Hall–Kier alpha value is -4.99. The first kappa shape index (κ1) is 29.5. The molecule has 3 aromatic rings. The van der Waals surface area contributed by atoms with Gasteiger partial charge in [-0.2, -0.15) is 5.26 Å². The van der Waals surface area contributed by atoms with E-state index in [1.54, 1.807) is 27.7 Å². The molecule has 0 bridgehead atoms. The fourth-order valence-electron chi connectivity index (χ4n) is 5.28. The van der Waals surface area contributed by atoms with Crippen molar-refractivity contribution in [3.63, 3.8) is 0 Å². The van der Waals surface area contributed by atoms with E-state index >= 15 is 4.39 Å². The molecule has 3 amide bonds. The lowest BCUT2D eigenvalue weighted by Gasteiger charge is -2.29. The van der Waals surface area contributed by atoms with Crippen LogP contribution in [0.25, 0.3) is 21.9 Å². The molecule has 1 aromatic carbocycles. The van der Waals surface area contributed by atoms with Crippen LogP contribution in [0, 0.1) is 30.0 Å². The molecule has 2 aliphatic rings. The molecule has 1 saturated carbocycles. The highest BCUT2D eigenvalue weighted by Crippen LogP contribution is 2.41. The molecule has 2 aromatic heterocycles. The zero-order valence-corrected chi connectivity index (χ0v) is 24.2. The van der Waals surface area contributed by atoms with Crippen LogP contribution < -0.4 is 15.5 Å². The predicted molar refractivity (Wildman–Crippen MR) is 155 cm³/mol. The van der Waals surface area contributed by atoms with E-state index in [1.807, 2.05) is 0 Å². The van der Waals surface area contributed by atoms with Gasteiger partial charge >= 0.3 is 18.3 Å². The van der Waals surface area contributed by atoms with E-state index in [0.29, 0.717) is 53.6 Å². The van der Waals surface area contributed by atoms with Crippen molar-refractivity contribution in [3.8, 4) is 17.2 Å². The second kappa shape index (κ2) is 11.4. The van der Waals surface area contributed by atoms with Crippen molar-refractivity contribution >= 4 is 46.2 Å². The fraction of sp³-hybridized carbons (Fsp3) is 0.400. The molecule has 5 rings (SSSR count). The number of hydrogen-bond acceptors (Lipinski definition) is 8. The van der Waals surface area contributed by atoms with Crippen LogP contribution >= 0.6 is 0 Å². The van der Waals surface area contributed by atoms with Crippen molar-refractivity contribution in [3.05, 3.63) is 41.6 Å². The first-order valence-electron chi connectivity index (χ1n) is 13.8. The lowest BCUT2D eigenvalue weighted by Crippen LogP contribution is -2.35. The first-order chi connectivity index (χ1) is 20.3. The molecular weight excluding hydrogens is 559 g/mol. The zero-order chi connectivity index (χ0) is 31.1. The number of anilines is 3. The maximum absolute atomic E-state index is 16.3. The highest BCUT2D eigenvalue weighted by atomic mass is 19.1. The Morgan fingerprint density at radius 3 is 2.53 bits per heavy atom. The number of halogens is 1. The van der Waals surface area contributed by atoms with Crippen molar-refractivity contribution in [1.29, 1.82) is 5.26 Å². The van der Waals surface area contributed by atoms with Gasteiger partial charge in [0, 0.05) is 48.3 Å². The molecule has 13 heteroatoms. The summed E-state index contributed by atoms with van der Waals surface area (Å²) in [5, 5.41) is 24.4. The van der Waals surface area contributed by atoms with Crippen molar-refractivity contribution in [2.75, 3.05) is 22.1 Å². The number of carbonyl (C=O) groups is 3. The minimum absolute atomic E-state index is 0.0546. The SMILES string of the molecule is Cc1c(-c2cc3cc(NC(=O)O[C@H]4C[C@@H](C#N)C4)ncc3c(NC(=O)OC(C)(C)C)c2F)cnc2c1N(C(=O)O)CCC2. The van der Waals surface area contributed by atoms with Gasteiger partial charge in [-0.1, -0.05) is 0 Å². The van der Waals surface area contributed by atoms with Crippen LogP contribution in [0.3, 0.4) is 0 Å². The summed E-state index contributed by atoms with van der Waals surface area (Å²) in [6, 6.07) is 5.16. The van der Waals surface area contributed by atoms with Crippen molar-refractivity contribution in [2.24, 2.45) is 5.92 Å². The van der Waals surface area contributed by atoms with Gasteiger partial charge in [-0.15, -0.1) is 0 Å². The Labute approximate surface area is 246 Å². The van der Waals surface area contributed by atoms with Crippen LogP contribution in [0.2, 0.25) is 0 Å². The van der Waals surface area contributed by atoms with Gasteiger partial charge in [-0.3, -0.25) is 20.5 Å². The predicted octanol–water partition coefficient (Wildman–Crippen LogP) is 6.37. The van der Waals surface area contributed by atoms with Crippen molar-refractivity contribution < 1.29 is 33.4 Å². The number of nitrogens with one attached hydrogen (secondary N) is 2. The van der Waals surface area contributed by atoms with Gasteiger partial charge in [-0.25, -0.2) is 23.8 Å². The molecule has 1 aliphatic carbocycles. The number of ether oxygens (including phenoxy) is 2. The highest BCUT2D eigenvalue weighted by molar-refractivity contribution is 6.04. The van der Waals surface area contributed by atoms with Crippen LogP contribution in [-0.4, -0.2) is 51.6 Å². The number of nitrogens with zero attached hydrogens (tertiary/aromatic N) is 4. The monoisotopic (exact) mass is 590 g/mol. The molecular formula is C30H31FN6O6. The van der Waals surface area contributed by atoms with Crippen LogP contribution in [-0.2, 0) is 15.9 Å². The lowest BCUT2D eigenvalue weighted by atomic mass is 9.84. The second-order valence-electron chi connectivity index (χ2n) is 11.6.